The topological polar surface area (TPSA) is 63.3 Å². The van der Waals surface area contributed by atoms with Crippen LogP contribution < -0.4 is 5.73 Å². The molecule has 1 aromatic carbocycles. The second-order valence-corrected chi connectivity index (χ2v) is 7.15. The molecule has 3 nitrogen and oxygen atoms in total. The predicted molar refractivity (Wildman–Crippen MR) is 93.9 cm³/mol. The Balaban J connectivity index is 3.18. The Morgan fingerprint density at radius 1 is 1.00 bits per heavy atom. The molecule has 124 valence electrons. The van der Waals surface area contributed by atoms with Crippen molar-refractivity contribution in [2.24, 2.45) is 17.6 Å². The van der Waals surface area contributed by atoms with E-state index in [1.165, 1.54) is 0 Å². The molecular weight excluding hydrogens is 391 g/mol. The van der Waals surface area contributed by atoms with Gasteiger partial charge in [0.05, 0.1) is 31.0 Å². The van der Waals surface area contributed by atoms with Crippen molar-refractivity contribution in [1.29, 1.82) is 0 Å². The van der Waals surface area contributed by atoms with E-state index in [1.54, 1.807) is 0 Å². The molecule has 0 aliphatic rings. The smallest absolute Gasteiger partial charge is 0.307 e. The Hall–Kier alpha value is 0.1000. The molecule has 3 N–H and O–H groups in total. The molecule has 0 heterocycles. The van der Waals surface area contributed by atoms with Crippen molar-refractivity contribution in [3.8, 4) is 0 Å². The molecule has 0 aliphatic carbocycles. The average molecular weight is 408 g/mol. The molecule has 8 heteroatoms. The molecule has 22 heavy (non-hydrogen) atoms. The zero-order valence-corrected chi connectivity index (χ0v) is 15.7. The molecule has 3 unspecified atom stereocenters. The molecule has 0 radical (unpaired) electrons. The van der Waals surface area contributed by atoms with Crippen molar-refractivity contribution in [3.63, 3.8) is 0 Å². The zero-order chi connectivity index (χ0) is 17.2. The lowest BCUT2D eigenvalue weighted by molar-refractivity contribution is -0.142. The van der Waals surface area contributed by atoms with Gasteiger partial charge in [0.25, 0.3) is 0 Å². The van der Waals surface area contributed by atoms with Crippen molar-refractivity contribution >= 4 is 64.0 Å². The summed E-state index contributed by atoms with van der Waals surface area (Å²) in [7, 11) is 0. The molecule has 0 saturated heterocycles. The van der Waals surface area contributed by atoms with Crippen molar-refractivity contribution < 1.29 is 9.90 Å². The number of carboxylic acids is 1. The minimum absolute atomic E-state index is 0.0482. The summed E-state index contributed by atoms with van der Waals surface area (Å²) in [5, 5.41) is 9.97. The normalized spacial score (nSPS) is 15.5. The first-order chi connectivity index (χ1) is 10.1. The SMILES string of the molecule is CC(CC(CN)C(=O)O)C(C)c1c(Cl)c(Cl)c(Cl)c(Cl)c1Cl. The van der Waals surface area contributed by atoms with E-state index in [-0.39, 0.29) is 43.5 Å². The molecular formula is C14H16Cl5NO2. The van der Waals surface area contributed by atoms with Crippen LogP contribution in [0.4, 0.5) is 0 Å². The lowest BCUT2D eigenvalue weighted by Crippen LogP contribution is -2.26. The van der Waals surface area contributed by atoms with E-state index < -0.39 is 11.9 Å². The van der Waals surface area contributed by atoms with Crippen LogP contribution in [0.25, 0.3) is 0 Å². The van der Waals surface area contributed by atoms with Gasteiger partial charge in [-0.05, 0) is 23.8 Å². The van der Waals surface area contributed by atoms with Crippen LogP contribution in [-0.2, 0) is 4.79 Å². The van der Waals surface area contributed by atoms with Gasteiger partial charge in [0.2, 0.25) is 0 Å². The highest BCUT2D eigenvalue weighted by molar-refractivity contribution is 6.55. The molecule has 0 bridgehead atoms. The van der Waals surface area contributed by atoms with Gasteiger partial charge in [0.1, 0.15) is 0 Å². The van der Waals surface area contributed by atoms with Gasteiger partial charge in [-0.1, -0.05) is 71.9 Å². The summed E-state index contributed by atoms with van der Waals surface area (Å²) in [4.78, 5) is 11.1. The van der Waals surface area contributed by atoms with Gasteiger partial charge in [-0.3, -0.25) is 4.79 Å². The maximum absolute atomic E-state index is 11.1. The van der Waals surface area contributed by atoms with Crippen molar-refractivity contribution in [2.75, 3.05) is 6.54 Å². The summed E-state index contributed by atoms with van der Waals surface area (Å²) in [6.45, 7) is 3.85. The van der Waals surface area contributed by atoms with Gasteiger partial charge in [-0.15, -0.1) is 0 Å². The van der Waals surface area contributed by atoms with E-state index in [9.17, 15) is 4.79 Å². The van der Waals surface area contributed by atoms with Gasteiger partial charge in [0, 0.05) is 6.54 Å². The molecule has 0 aromatic heterocycles. The second-order valence-electron chi connectivity index (χ2n) is 5.26. The Morgan fingerprint density at radius 3 is 1.77 bits per heavy atom. The average Bonchev–Trinajstić information content (AvgIpc) is 2.47. The Morgan fingerprint density at radius 2 is 1.41 bits per heavy atom. The molecule has 0 saturated carbocycles. The van der Waals surface area contributed by atoms with Gasteiger partial charge in [0.15, 0.2) is 0 Å². The van der Waals surface area contributed by atoms with E-state index in [1.807, 2.05) is 13.8 Å². The molecule has 0 amide bonds. The minimum atomic E-state index is -0.925. The maximum atomic E-state index is 11.1. The van der Waals surface area contributed by atoms with Crippen LogP contribution in [-0.4, -0.2) is 17.6 Å². The lowest BCUT2D eigenvalue weighted by Gasteiger charge is -2.25. The van der Waals surface area contributed by atoms with Gasteiger partial charge < -0.3 is 10.8 Å². The number of carboxylic acid groups (broad SMARTS) is 1. The van der Waals surface area contributed by atoms with E-state index >= 15 is 0 Å². The summed E-state index contributed by atoms with van der Waals surface area (Å²) >= 11 is 30.6. The van der Waals surface area contributed by atoms with Gasteiger partial charge >= 0.3 is 5.97 Å². The van der Waals surface area contributed by atoms with E-state index in [0.717, 1.165) is 0 Å². The minimum Gasteiger partial charge on any atom is -0.481 e. The summed E-state index contributed by atoms with van der Waals surface area (Å²) in [5.41, 5.74) is 6.06. The highest BCUT2D eigenvalue weighted by Crippen LogP contribution is 2.48. The summed E-state index contributed by atoms with van der Waals surface area (Å²) in [6.07, 6.45) is 0.386. The van der Waals surface area contributed by atoms with Crippen LogP contribution in [0.2, 0.25) is 25.1 Å². The van der Waals surface area contributed by atoms with Crippen LogP contribution in [0.15, 0.2) is 0 Å². The maximum Gasteiger partial charge on any atom is 0.307 e. The van der Waals surface area contributed by atoms with Crippen molar-refractivity contribution in [1.82, 2.24) is 0 Å². The highest BCUT2D eigenvalue weighted by atomic mass is 35.5. The van der Waals surface area contributed by atoms with Crippen LogP contribution in [0.1, 0.15) is 31.7 Å². The molecule has 1 aromatic rings. The fourth-order valence-electron chi connectivity index (χ4n) is 2.26. The molecule has 1 rings (SSSR count). The van der Waals surface area contributed by atoms with Crippen molar-refractivity contribution in [3.05, 3.63) is 30.7 Å². The third-order valence-electron chi connectivity index (χ3n) is 3.84. The Kier molecular flexibility index (Phi) is 7.58. The Bertz CT molecular complexity index is 550. The number of benzene rings is 1. The summed E-state index contributed by atoms with van der Waals surface area (Å²) in [5.74, 6) is -1.77. The number of hydrogen-bond donors (Lipinski definition) is 2. The lowest BCUT2D eigenvalue weighted by atomic mass is 9.82. The molecule has 3 atom stereocenters. The number of nitrogens with two attached hydrogens (primary N) is 1. The monoisotopic (exact) mass is 405 g/mol. The zero-order valence-electron chi connectivity index (χ0n) is 12.0. The first kappa shape index (κ1) is 20.1. The molecule has 0 fully saturated rings. The third kappa shape index (κ3) is 4.14. The third-order valence-corrected chi connectivity index (χ3v) is 6.15. The van der Waals surface area contributed by atoms with Crippen molar-refractivity contribution in [2.45, 2.75) is 26.2 Å². The fourth-order valence-corrected chi connectivity index (χ4v) is 3.75. The fraction of sp³-hybridized carbons (Fsp3) is 0.500. The first-order valence-electron chi connectivity index (χ1n) is 6.57. The van der Waals surface area contributed by atoms with Crippen LogP contribution in [0.3, 0.4) is 0 Å². The van der Waals surface area contributed by atoms with Crippen LogP contribution in [0.5, 0.6) is 0 Å². The van der Waals surface area contributed by atoms with E-state index in [2.05, 4.69) is 0 Å². The van der Waals surface area contributed by atoms with E-state index in [4.69, 9.17) is 68.8 Å². The first-order valence-corrected chi connectivity index (χ1v) is 8.46. The Labute approximate surface area is 154 Å². The standard InChI is InChI=1S/C14H16Cl5NO2/c1-5(3-7(4-20)14(21)22)6(2)8-9(15)11(17)13(19)12(18)10(8)16/h5-7H,3-4,20H2,1-2H3,(H,21,22). The summed E-state index contributed by atoms with van der Waals surface area (Å²) in [6, 6.07) is 0. The number of carbonyl (C=O) groups is 1. The highest BCUT2D eigenvalue weighted by Gasteiger charge is 2.28. The van der Waals surface area contributed by atoms with Gasteiger partial charge in [-0.2, -0.15) is 0 Å². The van der Waals surface area contributed by atoms with Crippen LogP contribution in [0, 0.1) is 11.8 Å². The van der Waals surface area contributed by atoms with E-state index in [0.29, 0.717) is 12.0 Å². The number of halogens is 5. The molecule has 0 aliphatic heterocycles. The quantitative estimate of drug-likeness (QED) is 0.467. The largest absolute Gasteiger partial charge is 0.481 e. The van der Waals surface area contributed by atoms with Crippen LogP contribution >= 0.6 is 58.0 Å². The predicted octanol–water partition coefficient (Wildman–Crippen LogP) is 5.74. The molecule has 0 spiro atoms. The number of hydrogen-bond acceptors (Lipinski definition) is 2. The van der Waals surface area contributed by atoms with Gasteiger partial charge in [-0.25, -0.2) is 0 Å². The number of aliphatic carboxylic acids is 1. The second kappa shape index (κ2) is 8.27. The summed E-state index contributed by atoms with van der Waals surface area (Å²) < 4.78 is 0. The number of rotatable bonds is 6.